The van der Waals surface area contributed by atoms with Crippen LogP contribution in [0.25, 0.3) is 0 Å². The molecule has 2 aromatic rings. The van der Waals surface area contributed by atoms with Gasteiger partial charge in [0, 0.05) is 13.5 Å². The molecule has 0 atom stereocenters. The average molecular weight is 281 g/mol. The number of carbonyl (C=O) groups excluding carboxylic acids is 1. The molecule has 0 aliphatic carbocycles. The molecule has 1 aromatic carbocycles. The number of aromatic nitrogens is 2. The lowest BCUT2D eigenvalue weighted by molar-refractivity contribution is 0.0984. The number of ketones is 1. The van der Waals surface area contributed by atoms with E-state index >= 15 is 0 Å². The Morgan fingerprint density at radius 2 is 2.16 bits per heavy atom. The van der Waals surface area contributed by atoms with Crippen LogP contribution in [0.2, 0.25) is 5.02 Å². The zero-order valence-corrected chi connectivity index (χ0v) is 11.5. The van der Waals surface area contributed by atoms with Crippen molar-refractivity contribution in [2.24, 2.45) is 7.05 Å². The topological polar surface area (TPSA) is 34.9 Å². The molecule has 1 aromatic heterocycles. The van der Waals surface area contributed by atoms with Gasteiger partial charge in [-0.2, -0.15) is 5.10 Å². The predicted molar refractivity (Wildman–Crippen MR) is 72.0 cm³/mol. The minimum absolute atomic E-state index is 0.0602. The van der Waals surface area contributed by atoms with Crippen molar-refractivity contribution in [1.82, 2.24) is 9.78 Å². The van der Waals surface area contributed by atoms with Gasteiger partial charge >= 0.3 is 0 Å². The Kier molecular flexibility index (Phi) is 4.00. The van der Waals surface area contributed by atoms with Crippen LogP contribution >= 0.6 is 11.6 Å². The highest BCUT2D eigenvalue weighted by molar-refractivity contribution is 6.30. The molecule has 0 aliphatic rings. The molecule has 0 radical (unpaired) electrons. The van der Waals surface area contributed by atoms with Crippen LogP contribution in [0.15, 0.2) is 24.3 Å². The fraction of sp³-hybridized carbons (Fsp3) is 0.286. The van der Waals surface area contributed by atoms with Crippen molar-refractivity contribution in [1.29, 1.82) is 0 Å². The van der Waals surface area contributed by atoms with Crippen LogP contribution in [-0.2, 0) is 19.9 Å². The van der Waals surface area contributed by atoms with E-state index in [1.54, 1.807) is 23.9 Å². The number of hydrogen-bond acceptors (Lipinski definition) is 2. The lowest BCUT2D eigenvalue weighted by Gasteiger charge is -2.03. The molecule has 0 spiro atoms. The maximum Gasteiger partial charge on any atom is 0.185 e. The number of carbonyl (C=O) groups is 1. The number of aryl methyl sites for hydroxylation is 2. The van der Waals surface area contributed by atoms with Crippen LogP contribution < -0.4 is 0 Å². The first-order chi connectivity index (χ1) is 9.01. The number of halogens is 2. The van der Waals surface area contributed by atoms with Crippen LogP contribution in [0, 0.1) is 5.82 Å². The highest BCUT2D eigenvalue weighted by Gasteiger charge is 2.14. The number of hydrogen-bond donors (Lipinski definition) is 0. The van der Waals surface area contributed by atoms with E-state index in [9.17, 15) is 9.18 Å². The van der Waals surface area contributed by atoms with Gasteiger partial charge < -0.3 is 0 Å². The van der Waals surface area contributed by atoms with Crippen molar-refractivity contribution in [3.8, 4) is 0 Å². The number of benzene rings is 1. The quantitative estimate of drug-likeness (QED) is 0.806. The van der Waals surface area contributed by atoms with Crippen LogP contribution in [0.3, 0.4) is 0 Å². The normalized spacial score (nSPS) is 10.7. The Bertz CT molecular complexity index is 622. The fourth-order valence-electron chi connectivity index (χ4n) is 1.89. The van der Waals surface area contributed by atoms with Gasteiger partial charge in [-0.25, -0.2) is 4.39 Å². The molecule has 0 fully saturated rings. The zero-order chi connectivity index (χ0) is 14.0. The minimum Gasteiger partial charge on any atom is -0.292 e. The summed E-state index contributed by atoms with van der Waals surface area (Å²) in [5.74, 6) is -0.595. The second-order valence-electron chi connectivity index (χ2n) is 4.35. The van der Waals surface area contributed by atoms with E-state index in [2.05, 4.69) is 5.10 Å². The van der Waals surface area contributed by atoms with Crippen molar-refractivity contribution < 1.29 is 9.18 Å². The Hall–Kier alpha value is -1.68. The summed E-state index contributed by atoms with van der Waals surface area (Å²) in [6, 6.07) is 6.17. The van der Waals surface area contributed by atoms with Gasteiger partial charge in [0.2, 0.25) is 0 Å². The lowest BCUT2D eigenvalue weighted by Crippen LogP contribution is -2.09. The summed E-state index contributed by atoms with van der Waals surface area (Å²) in [5.41, 5.74) is 2.01. The van der Waals surface area contributed by atoms with E-state index in [1.165, 1.54) is 12.1 Å². The van der Waals surface area contributed by atoms with Crippen molar-refractivity contribution >= 4 is 17.4 Å². The molecule has 19 heavy (non-hydrogen) atoms. The lowest BCUT2D eigenvalue weighted by atomic mass is 10.1. The molecule has 0 N–H and O–H groups in total. The monoisotopic (exact) mass is 280 g/mol. The van der Waals surface area contributed by atoms with Crippen molar-refractivity contribution in [2.75, 3.05) is 0 Å². The third-order valence-corrected chi connectivity index (χ3v) is 3.23. The van der Waals surface area contributed by atoms with Crippen molar-refractivity contribution in [2.45, 2.75) is 19.8 Å². The molecule has 0 bridgehead atoms. The molecule has 1 heterocycles. The largest absolute Gasteiger partial charge is 0.292 e. The summed E-state index contributed by atoms with van der Waals surface area (Å²) in [4.78, 5) is 12.1. The second-order valence-corrected chi connectivity index (χ2v) is 4.75. The molecule has 100 valence electrons. The van der Waals surface area contributed by atoms with E-state index in [0.717, 1.165) is 12.1 Å². The van der Waals surface area contributed by atoms with Crippen molar-refractivity contribution in [3.05, 3.63) is 52.1 Å². The van der Waals surface area contributed by atoms with Crippen LogP contribution in [0.5, 0.6) is 0 Å². The van der Waals surface area contributed by atoms with Gasteiger partial charge in [-0.3, -0.25) is 9.48 Å². The summed E-state index contributed by atoms with van der Waals surface area (Å²) in [5, 5.41) is 4.28. The van der Waals surface area contributed by atoms with Gasteiger partial charge in [-0.15, -0.1) is 0 Å². The zero-order valence-electron chi connectivity index (χ0n) is 10.8. The minimum atomic E-state index is -0.508. The summed E-state index contributed by atoms with van der Waals surface area (Å²) >= 11 is 5.61. The summed E-state index contributed by atoms with van der Waals surface area (Å²) in [7, 11) is 1.73. The van der Waals surface area contributed by atoms with Crippen LogP contribution in [-0.4, -0.2) is 15.6 Å². The summed E-state index contributed by atoms with van der Waals surface area (Å²) < 4.78 is 14.9. The summed E-state index contributed by atoms with van der Waals surface area (Å²) in [6.07, 6.45) is 0.910. The predicted octanol–water partition coefficient (Wildman–Crippen LogP) is 3.20. The standard InChI is InChI=1S/C14H14ClFN2O/c1-3-10-8-13(18(2)17-10)14(19)7-9-4-5-11(15)12(16)6-9/h4-6,8H,3,7H2,1-2H3. The highest BCUT2D eigenvalue weighted by Crippen LogP contribution is 2.17. The first kappa shape index (κ1) is 13.7. The van der Waals surface area contributed by atoms with Gasteiger partial charge in [0.05, 0.1) is 10.7 Å². The maximum atomic E-state index is 13.3. The van der Waals surface area contributed by atoms with E-state index < -0.39 is 5.82 Å². The van der Waals surface area contributed by atoms with Gasteiger partial charge in [-0.1, -0.05) is 24.6 Å². The molecule has 0 amide bonds. The Morgan fingerprint density at radius 1 is 1.42 bits per heavy atom. The molecule has 3 nitrogen and oxygen atoms in total. The number of nitrogens with zero attached hydrogens (tertiary/aromatic N) is 2. The van der Waals surface area contributed by atoms with E-state index in [-0.39, 0.29) is 17.2 Å². The highest BCUT2D eigenvalue weighted by atomic mass is 35.5. The van der Waals surface area contributed by atoms with Gasteiger partial charge in [0.15, 0.2) is 5.78 Å². The SMILES string of the molecule is CCc1cc(C(=O)Cc2ccc(Cl)c(F)c2)n(C)n1. The van der Waals surface area contributed by atoms with Crippen LogP contribution in [0.1, 0.15) is 28.7 Å². The van der Waals surface area contributed by atoms with Crippen molar-refractivity contribution in [3.63, 3.8) is 0 Å². The molecule has 0 saturated heterocycles. The van der Waals surface area contributed by atoms with Crippen LogP contribution in [0.4, 0.5) is 4.39 Å². The van der Waals surface area contributed by atoms with Gasteiger partial charge in [0.1, 0.15) is 11.5 Å². The second kappa shape index (κ2) is 5.53. The smallest absolute Gasteiger partial charge is 0.185 e. The molecule has 5 heteroatoms. The molecule has 0 unspecified atom stereocenters. The number of rotatable bonds is 4. The molecular formula is C14H14ClFN2O. The van der Waals surface area contributed by atoms with Gasteiger partial charge in [0.25, 0.3) is 0 Å². The average Bonchev–Trinajstić information content (AvgIpc) is 2.75. The Labute approximate surface area is 116 Å². The molecule has 2 rings (SSSR count). The van der Waals surface area contributed by atoms with E-state index in [0.29, 0.717) is 11.3 Å². The first-order valence-corrected chi connectivity index (χ1v) is 6.39. The third kappa shape index (κ3) is 3.01. The molecule has 0 aliphatic heterocycles. The Morgan fingerprint density at radius 3 is 2.74 bits per heavy atom. The maximum absolute atomic E-state index is 13.3. The first-order valence-electron chi connectivity index (χ1n) is 6.01. The summed E-state index contributed by atoms with van der Waals surface area (Å²) in [6.45, 7) is 1.98. The third-order valence-electron chi connectivity index (χ3n) is 2.93. The fourth-order valence-corrected chi connectivity index (χ4v) is 2.00. The van der Waals surface area contributed by atoms with E-state index in [1.807, 2.05) is 6.92 Å². The van der Waals surface area contributed by atoms with E-state index in [4.69, 9.17) is 11.6 Å². The molecule has 0 saturated carbocycles. The number of Topliss-reactive ketones (excluding diaryl/α,β-unsaturated/α-hetero) is 1. The van der Waals surface area contributed by atoms with Gasteiger partial charge in [-0.05, 0) is 30.2 Å². The Balaban J connectivity index is 2.20. The molecular weight excluding hydrogens is 267 g/mol.